The van der Waals surface area contributed by atoms with Gasteiger partial charge in [-0.05, 0) is 36.1 Å². The van der Waals surface area contributed by atoms with Crippen molar-refractivity contribution in [2.45, 2.75) is 33.2 Å². The number of aromatic nitrogens is 1. The number of carboxylic acid groups (broad SMARTS) is 1. The number of anilines is 1. The molecule has 0 atom stereocenters. The first kappa shape index (κ1) is 17.5. The van der Waals surface area contributed by atoms with Crippen LogP contribution in [0.3, 0.4) is 0 Å². The van der Waals surface area contributed by atoms with Crippen LogP contribution in [0.1, 0.15) is 41.3 Å². The van der Waals surface area contributed by atoms with E-state index in [9.17, 15) is 14.4 Å². The van der Waals surface area contributed by atoms with E-state index in [1.54, 1.807) is 0 Å². The van der Waals surface area contributed by atoms with E-state index in [0.717, 1.165) is 21.4 Å². The number of aryl methyl sites for hydroxylation is 1. The average molecular weight is 328 g/mol. The molecule has 1 amide bonds. The number of aromatic carboxylic acids is 1. The number of nitrogens with zero attached hydrogens (tertiary/aromatic N) is 1. The van der Waals surface area contributed by atoms with Crippen LogP contribution in [0.15, 0.2) is 41.3 Å². The summed E-state index contributed by atoms with van der Waals surface area (Å²) in [6.45, 7) is 5.72. The minimum Gasteiger partial charge on any atom is -0.477 e. The third-order valence-electron chi connectivity index (χ3n) is 3.76. The van der Waals surface area contributed by atoms with Gasteiger partial charge < -0.3 is 15.0 Å². The van der Waals surface area contributed by atoms with Crippen molar-refractivity contribution in [3.05, 3.63) is 63.6 Å². The fourth-order valence-corrected chi connectivity index (χ4v) is 2.50. The Morgan fingerprint density at radius 1 is 1.21 bits per heavy atom. The van der Waals surface area contributed by atoms with Gasteiger partial charge in [0.25, 0.3) is 5.56 Å². The molecule has 1 aromatic carbocycles. The quantitative estimate of drug-likeness (QED) is 0.883. The van der Waals surface area contributed by atoms with E-state index < -0.39 is 11.5 Å². The van der Waals surface area contributed by atoms with Gasteiger partial charge in [-0.15, -0.1) is 0 Å². The summed E-state index contributed by atoms with van der Waals surface area (Å²) in [6, 6.07) is 8.44. The lowest BCUT2D eigenvalue weighted by atomic mass is 9.98. The first-order valence-electron chi connectivity index (χ1n) is 7.63. The second kappa shape index (κ2) is 7.12. The van der Waals surface area contributed by atoms with Crippen molar-refractivity contribution >= 4 is 17.6 Å². The van der Waals surface area contributed by atoms with Crippen molar-refractivity contribution in [1.82, 2.24) is 4.57 Å². The minimum absolute atomic E-state index is 0.235. The van der Waals surface area contributed by atoms with Crippen LogP contribution in [0.2, 0.25) is 0 Å². The van der Waals surface area contributed by atoms with Crippen LogP contribution >= 0.6 is 0 Å². The number of hydrogen-bond donors (Lipinski definition) is 2. The second-order valence-corrected chi connectivity index (χ2v) is 5.90. The van der Waals surface area contributed by atoms with Crippen LogP contribution < -0.4 is 10.9 Å². The maximum Gasteiger partial charge on any atom is 0.341 e. The number of para-hydroxylation sites is 1. The first-order valence-corrected chi connectivity index (χ1v) is 7.63. The Morgan fingerprint density at radius 2 is 1.92 bits per heavy atom. The van der Waals surface area contributed by atoms with Crippen molar-refractivity contribution in [3.63, 3.8) is 0 Å². The average Bonchev–Trinajstić information content (AvgIpc) is 2.50. The number of hydrogen-bond acceptors (Lipinski definition) is 3. The summed E-state index contributed by atoms with van der Waals surface area (Å²) in [5.74, 6) is -1.45. The molecule has 0 aliphatic rings. The largest absolute Gasteiger partial charge is 0.477 e. The molecule has 0 spiro atoms. The van der Waals surface area contributed by atoms with Crippen molar-refractivity contribution in [1.29, 1.82) is 0 Å². The van der Waals surface area contributed by atoms with Gasteiger partial charge in [-0.2, -0.15) is 0 Å². The zero-order valence-corrected chi connectivity index (χ0v) is 13.9. The summed E-state index contributed by atoms with van der Waals surface area (Å²) < 4.78 is 1.09. The molecule has 2 aromatic rings. The number of carboxylic acids is 1. The summed E-state index contributed by atoms with van der Waals surface area (Å²) >= 11 is 0. The Balaban J connectivity index is 2.26. The summed E-state index contributed by atoms with van der Waals surface area (Å²) in [5, 5.41) is 11.8. The molecule has 0 aliphatic heterocycles. The smallest absolute Gasteiger partial charge is 0.341 e. The lowest BCUT2D eigenvalue weighted by Gasteiger charge is -2.16. The highest BCUT2D eigenvalue weighted by atomic mass is 16.4. The van der Waals surface area contributed by atoms with E-state index >= 15 is 0 Å². The van der Waals surface area contributed by atoms with Crippen LogP contribution in [0, 0.1) is 6.92 Å². The molecule has 24 heavy (non-hydrogen) atoms. The van der Waals surface area contributed by atoms with Crippen LogP contribution in [0.25, 0.3) is 0 Å². The summed E-state index contributed by atoms with van der Waals surface area (Å²) in [7, 11) is 0. The van der Waals surface area contributed by atoms with Gasteiger partial charge in [0.05, 0.1) is 0 Å². The molecule has 1 heterocycles. The molecule has 2 rings (SSSR count). The fourth-order valence-electron chi connectivity index (χ4n) is 2.50. The molecule has 0 fully saturated rings. The van der Waals surface area contributed by atoms with Crippen LogP contribution in [0.4, 0.5) is 5.69 Å². The zero-order chi connectivity index (χ0) is 17.9. The molecule has 0 saturated heterocycles. The maximum atomic E-state index is 12.3. The van der Waals surface area contributed by atoms with E-state index in [1.165, 1.54) is 18.3 Å². The third kappa shape index (κ3) is 3.71. The van der Waals surface area contributed by atoms with E-state index in [-0.39, 0.29) is 23.9 Å². The minimum atomic E-state index is -1.31. The van der Waals surface area contributed by atoms with Crippen LogP contribution in [-0.4, -0.2) is 21.6 Å². The van der Waals surface area contributed by atoms with Gasteiger partial charge in [-0.25, -0.2) is 4.79 Å². The van der Waals surface area contributed by atoms with Crippen LogP contribution in [0.5, 0.6) is 0 Å². The molecule has 1 aromatic heterocycles. The number of amides is 1. The first-order chi connectivity index (χ1) is 11.3. The molecule has 0 aliphatic carbocycles. The SMILES string of the molecule is Cc1cccc(C(C)C)c1NC(=O)Cn1cccc(C(=O)O)c1=O. The Labute approximate surface area is 139 Å². The molecule has 0 radical (unpaired) electrons. The molecule has 6 heteroatoms. The van der Waals surface area contributed by atoms with Crippen molar-refractivity contribution < 1.29 is 14.7 Å². The second-order valence-electron chi connectivity index (χ2n) is 5.90. The molecule has 0 saturated carbocycles. The molecule has 126 valence electrons. The van der Waals surface area contributed by atoms with E-state index in [1.807, 2.05) is 39.0 Å². The van der Waals surface area contributed by atoms with Gasteiger partial charge in [-0.3, -0.25) is 9.59 Å². The lowest BCUT2D eigenvalue weighted by molar-refractivity contribution is -0.116. The molecular weight excluding hydrogens is 308 g/mol. The van der Waals surface area contributed by atoms with Gasteiger partial charge in [-0.1, -0.05) is 32.0 Å². The highest BCUT2D eigenvalue weighted by Gasteiger charge is 2.15. The van der Waals surface area contributed by atoms with Gasteiger partial charge in [0.15, 0.2) is 0 Å². The Kier molecular flexibility index (Phi) is 5.18. The summed E-state index contributed by atoms with van der Waals surface area (Å²) in [4.78, 5) is 35.4. The molecule has 0 unspecified atom stereocenters. The van der Waals surface area contributed by atoms with Crippen molar-refractivity contribution in [3.8, 4) is 0 Å². The third-order valence-corrected chi connectivity index (χ3v) is 3.76. The Morgan fingerprint density at radius 3 is 2.54 bits per heavy atom. The Bertz CT molecular complexity index is 837. The van der Waals surface area contributed by atoms with Gasteiger partial charge in [0, 0.05) is 11.9 Å². The Hall–Kier alpha value is -2.89. The highest BCUT2D eigenvalue weighted by molar-refractivity contribution is 5.92. The van der Waals surface area contributed by atoms with E-state index in [4.69, 9.17) is 5.11 Å². The van der Waals surface area contributed by atoms with Gasteiger partial charge >= 0.3 is 5.97 Å². The fraction of sp³-hybridized carbons (Fsp3) is 0.278. The topological polar surface area (TPSA) is 88.4 Å². The number of carbonyl (C=O) groups excluding carboxylic acids is 1. The molecule has 0 bridgehead atoms. The van der Waals surface area contributed by atoms with E-state index in [2.05, 4.69) is 5.32 Å². The number of rotatable bonds is 5. The number of pyridine rings is 1. The molecule has 6 nitrogen and oxygen atoms in total. The van der Waals surface area contributed by atoms with Crippen molar-refractivity contribution in [2.24, 2.45) is 0 Å². The van der Waals surface area contributed by atoms with Gasteiger partial charge in [0.2, 0.25) is 5.91 Å². The monoisotopic (exact) mass is 328 g/mol. The molecular formula is C18H20N2O4. The van der Waals surface area contributed by atoms with Crippen LogP contribution in [-0.2, 0) is 11.3 Å². The number of carbonyl (C=O) groups is 2. The summed E-state index contributed by atoms with van der Waals surface area (Å²) in [5.41, 5.74) is 1.62. The highest BCUT2D eigenvalue weighted by Crippen LogP contribution is 2.27. The van der Waals surface area contributed by atoms with Crippen molar-refractivity contribution in [2.75, 3.05) is 5.32 Å². The number of benzene rings is 1. The normalized spacial score (nSPS) is 10.7. The van der Waals surface area contributed by atoms with Gasteiger partial charge in [0.1, 0.15) is 12.1 Å². The van der Waals surface area contributed by atoms with E-state index in [0.29, 0.717) is 0 Å². The lowest BCUT2D eigenvalue weighted by Crippen LogP contribution is -2.30. The molecule has 2 N–H and O–H groups in total. The zero-order valence-electron chi connectivity index (χ0n) is 13.9. The standard InChI is InChI=1S/C18H20N2O4/c1-11(2)13-7-4-6-12(3)16(13)19-15(21)10-20-9-5-8-14(17(20)22)18(23)24/h4-9,11H,10H2,1-3H3,(H,19,21)(H,23,24). The maximum absolute atomic E-state index is 12.3. The predicted molar refractivity (Wildman–Crippen MR) is 91.6 cm³/mol. The number of nitrogens with one attached hydrogen (secondary N) is 1. The predicted octanol–water partition coefficient (Wildman–Crippen LogP) is 2.62. The summed E-state index contributed by atoms with van der Waals surface area (Å²) in [6.07, 6.45) is 1.40.